The molecule has 1 atom stereocenters. The molecule has 6 rings (SSSR count). The molecule has 3 heterocycles. The summed E-state index contributed by atoms with van der Waals surface area (Å²) in [5.41, 5.74) is 4.06. The number of phenols is 1. The van der Waals surface area contributed by atoms with Crippen molar-refractivity contribution < 1.29 is 19.3 Å². The second-order valence-corrected chi connectivity index (χ2v) is 8.87. The van der Waals surface area contributed by atoms with Crippen molar-refractivity contribution in [2.24, 2.45) is 0 Å². The van der Waals surface area contributed by atoms with E-state index in [4.69, 9.17) is 19.2 Å². The molecule has 0 aliphatic carbocycles. The number of aromatic nitrogens is 4. The summed E-state index contributed by atoms with van der Waals surface area (Å²) < 4.78 is 19.7. The first-order valence-corrected chi connectivity index (χ1v) is 11.6. The highest BCUT2D eigenvalue weighted by molar-refractivity contribution is 9.10. The van der Waals surface area contributed by atoms with E-state index in [2.05, 4.69) is 26.0 Å². The van der Waals surface area contributed by atoms with Crippen LogP contribution >= 0.6 is 15.9 Å². The van der Waals surface area contributed by atoms with Gasteiger partial charge in [0.1, 0.15) is 17.8 Å². The molecule has 0 saturated carbocycles. The first kappa shape index (κ1) is 21.4. The summed E-state index contributed by atoms with van der Waals surface area (Å²) in [6.45, 7) is 0. The first-order valence-electron chi connectivity index (χ1n) is 10.8. The molecule has 1 aliphatic heterocycles. The van der Waals surface area contributed by atoms with Gasteiger partial charge in [-0.05, 0) is 35.9 Å². The van der Waals surface area contributed by atoms with Gasteiger partial charge in [0.15, 0.2) is 23.0 Å². The second kappa shape index (κ2) is 8.28. The van der Waals surface area contributed by atoms with Crippen molar-refractivity contribution >= 4 is 21.6 Å². The van der Waals surface area contributed by atoms with Gasteiger partial charge in [0.2, 0.25) is 5.88 Å². The Bertz CT molecular complexity index is 1600. The van der Waals surface area contributed by atoms with E-state index in [9.17, 15) is 5.11 Å². The van der Waals surface area contributed by atoms with Gasteiger partial charge in [-0.2, -0.15) is 0 Å². The van der Waals surface area contributed by atoms with Gasteiger partial charge in [0.25, 0.3) is 0 Å². The van der Waals surface area contributed by atoms with Gasteiger partial charge >= 0.3 is 0 Å². The summed E-state index contributed by atoms with van der Waals surface area (Å²) in [6, 6.07) is 18.7. The molecule has 9 heteroatoms. The summed E-state index contributed by atoms with van der Waals surface area (Å²) in [5, 5.41) is 14.8. The van der Waals surface area contributed by atoms with Crippen LogP contribution in [0, 0.1) is 0 Å². The van der Waals surface area contributed by atoms with Crippen molar-refractivity contribution in [3.05, 3.63) is 88.2 Å². The maximum absolute atomic E-state index is 10.1. The molecule has 0 saturated heterocycles. The predicted octanol–water partition coefficient (Wildman–Crippen LogP) is 5.56. The zero-order valence-corrected chi connectivity index (χ0v) is 20.4. The minimum Gasteiger partial charge on any atom is -0.508 e. The fourth-order valence-electron chi connectivity index (χ4n) is 4.44. The third-order valence-electron chi connectivity index (χ3n) is 6.05. The number of rotatable bonds is 4. The van der Waals surface area contributed by atoms with Crippen LogP contribution in [0.2, 0.25) is 0 Å². The van der Waals surface area contributed by atoms with Crippen molar-refractivity contribution in [3.63, 3.8) is 0 Å². The maximum atomic E-state index is 10.1. The second-order valence-electron chi connectivity index (χ2n) is 8.02. The standard InChI is InChI=1S/C26H19BrN4O4/c1-33-19-10-7-14(11-21(19)34-2)22-17-9-8-15(32)12-20(17)35-26-23(22)25-29-24(30-31(25)13-28-26)16-5-3-4-6-18(16)27/h3-13,22,32H,1-2H3/t22-/m0/s1. The Kier molecular flexibility index (Phi) is 5.07. The molecule has 8 nitrogen and oxygen atoms in total. The van der Waals surface area contributed by atoms with Gasteiger partial charge < -0.3 is 19.3 Å². The molecule has 0 bridgehead atoms. The van der Waals surface area contributed by atoms with Crippen molar-refractivity contribution in [3.8, 4) is 40.3 Å². The van der Waals surface area contributed by atoms with Crippen LogP contribution in [-0.2, 0) is 0 Å². The van der Waals surface area contributed by atoms with E-state index in [1.165, 1.54) is 0 Å². The topological polar surface area (TPSA) is 91.0 Å². The Hall–Kier alpha value is -4.11. The van der Waals surface area contributed by atoms with E-state index in [-0.39, 0.29) is 11.7 Å². The molecule has 1 aliphatic rings. The van der Waals surface area contributed by atoms with Gasteiger partial charge in [-0.3, -0.25) is 0 Å². The van der Waals surface area contributed by atoms with Gasteiger partial charge in [-0.15, -0.1) is 5.10 Å². The molecular formula is C26H19BrN4O4. The Morgan fingerprint density at radius 2 is 1.83 bits per heavy atom. The average molecular weight is 531 g/mol. The van der Waals surface area contributed by atoms with Crippen molar-refractivity contribution in [2.45, 2.75) is 5.92 Å². The van der Waals surface area contributed by atoms with Crippen LogP contribution in [0.3, 0.4) is 0 Å². The number of methoxy groups -OCH3 is 2. The van der Waals surface area contributed by atoms with Crippen LogP contribution in [0.15, 0.2) is 71.5 Å². The van der Waals surface area contributed by atoms with E-state index in [1.54, 1.807) is 37.2 Å². The lowest BCUT2D eigenvalue weighted by Crippen LogP contribution is -2.15. The highest BCUT2D eigenvalue weighted by atomic mass is 79.9. The number of nitrogens with zero attached hydrogens (tertiary/aromatic N) is 4. The molecule has 174 valence electrons. The number of halogens is 1. The zero-order valence-electron chi connectivity index (χ0n) is 18.8. The van der Waals surface area contributed by atoms with Gasteiger partial charge in [-0.1, -0.05) is 40.2 Å². The number of phenolic OH excluding ortho intramolecular Hbond substituents is 1. The largest absolute Gasteiger partial charge is 0.508 e. The lowest BCUT2D eigenvalue weighted by Gasteiger charge is -2.28. The fraction of sp³-hybridized carbons (Fsp3) is 0.115. The molecule has 1 N–H and O–H groups in total. The van der Waals surface area contributed by atoms with Crippen molar-refractivity contribution in [1.29, 1.82) is 0 Å². The number of hydrogen-bond donors (Lipinski definition) is 1. The number of ether oxygens (including phenoxy) is 3. The van der Waals surface area contributed by atoms with Gasteiger partial charge in [0, 0.05) is 27.6 Å². The van der Waals surface area contributed by atoms with E-state index < -0.39 is 0 Å². The molecule has 2 aromatic heterocycles. The maximum Gasteiger partial charge on any atom is 0.228 e. The minimum absolute atomic E-state index is 0.109. The Balaban J connectivity index is 1.62. The average Bonchev–Trinajstić information content (AvgIpc) is 3.31. The normalized spacial score (nSPS) is 14.2. The van der Waals surface area contributed by atoms with Crippen molar-refractivity contribution in [2.75, 3.05) is 14.2 Å². The molecule has 0 unspecified atom stereocenters. The number of fused-ring (bicyclic) bond motifs is 4. The molecule has 0 fully saturated rings. The summed E-state index contributed by atoms with van der Waals surface area (Å²) in [4.78, 5) is 9.44. The Labute approximate surface area is 208 Å². The SMILES string of the molecule is COc1ccc([C@H]2c3ccc(O)cc3Oc3ncn4nc(-c5ccccc5Br)nc4c32)cc1OC. The minimum atomic E-state index is -0.304. The van der Waals surface area contributed by atoms with Crippen LogP contribution in [0.4, 0.5) is 0 Å². The lowest BCUT2D eigenvalue weighted by molar-refractivity contribution is 0.354. The third kappa shape index (κ3) is 3.47. The van der Waals surface area contributed by atoms with Crippen LogP contribution in [-0.4, -0.2) is 38.9 Å². The Morgan fingerprint density at radius 3 is 2.63 bits per heavy atom. The smallest absolute Gasteiger partial charge is 0.228 e. The highest BCUT2D eigenvalue weighted by Crippen LogP contribution is 2.49. The van der Waals surface area contributed by atoms with E-state index in [1.807, 2.05) is 48.5 Å². The fourth-order valence-corrected chi connectivity index (χ4v) is 4.90. The number of aromatic hydroxyl groups is 1. The van der Waals surface area contributed by atoms with E-state index >= 15 is 0 Å². The van der Waals surface area contributed by atoms with Crippen molar-refractivity contribution in [1.82, 2.24) is 19.6 Å². The molecule has 5 aromatic rings. The predicted molar refractivity (Wildman–Crippen MR) is 133 cm³/mol. The number of hydrogen-bond acceptors (Lipinski definition) is 7. The molecule has 0 amide bonds. The quantitative estimate of drug-likeness (QED) is 0.319. The third-order valence-corrected chi connectivity index (χ3v) is 6.74. The molecule has 0 spiro atoms. The summed E-state index contributed by atoms with van der Waals surface area (Å²) in [6.07, 6.45) is 1.58. The van der Waals surface area contributed by atoms with Crippen LogP contribution in [0.25, 0.3) is 17.0 Å². The molecule has 3 aromatic carbocycles. The summed E-state index contributed by atoms with van der Waals surface area (Å²) >= 11 is 3.59. The Morgan fingerprint density at radius 1 is 1.00 bits per heavy atom. The number of benzene rings is 3. The van der Waals surface area contributed by atoms with Gasteiger partial charge in [0.05, 0.1) is 19.8 Å². The van der Waals surface area contributed by atoms with Gasteiger partial charge in [-0.25, -0.2) is 14.5 Å². The highest BCUT2D eigenvalue weighted by Gasteiger charge is 2.34. The molecular weight excluding hydrogens is 512 g/mol. The van der Waals surface area contributed by atoms with Crippen LogP contribution in [0.1, 0.15) is 22.6 Å². The molecule has 35 heavy (non-hydrogen) atoms. The van der Waals surface area contributed by atoms with Crippen LogP contribution in [0.5, 0.6) is 28.9 Å². The van der Waals surface area contributed by atoms with Crippen LogP contribution < -0.4 is 14.2 Å². The van der Waals surface area contributed by atoms with E-state index in [0.29, 0.717) is 34.6 Å². The lowest BCUT2D eigenvalue weighted by atomic mass is 9.83. The monoisotopic (exact) mass is 530 g/mol. The zero-order chi connectivity index (χ0) is 24.1. The van der Waals surface area contributed by atoms with E-state index in [0.717, 1.165) is 26.7 Å². The molecule has 0 radical (unpaired) electrons. The summed E-state index contributed by atoms with van der Waals surface area (Å²) in [7, 11) is 3.21. The first-order chi connectivity index (χ1) is 17.1. The summed E-state index contributed by atoms with van der Waals surface area (Å²) in [5.74, 6) is 2.54.